The van der Waals surface area contributed by atoms with Gasteiger partial charge in [-0.05, 0) is 48.3 Å². The fourth-order valence-electron chi connectivity index (χ4n) is 5.02. The molecule has 128 valence electrons. The third kappa shape index (κ3) is 1.88. The number of carbonyl (C=O) groups is 3. The Morgan fingerprint density at radius 3 is 2.20 bits per heavy atom. The molecule has 3 aliphatic carbocycles. The number of nitrogens with one attached hydrogen (secondary N) is 1. The molecule has 1 N–H and O–H groups in total. The van der Waals surface area contributed by atoms with Crippen molar-refractivity contribution in [2.75, 3.05) is 0 Å². The van der Waals surface area contributed by atoms with Gasteiger partial charge in [0.1, 0.15) is 0 Å². The van der Waals surface area contributed by atoms with Gasteiger partial charge in [0.15, 0.2) is 0 Å². The van der Waals surface area contributed by atoms with E-state index in [0.717, 1.165) is 17.9 Å². The molecule has 2 saturated carbocycles. The van der Waals surface area contributed by atoms with E-state index < -0.39 is 5.91 Å². The maximum Gasteiger partial charge on any atom is 0.271 e. The number of allylic oxidation sites excluding steroid dienone is 2. The summed E-state index contributed by atoms with van der Waals surface area (Å²) in [6.45, 7) is 0. The van der Waals surface area contributed by atoms with E-state index in [1.165, 1.54) is 18.2 Å². The van der Waals surface area contributed by atoms with Crippen molar-refractivity contribution >= 4 is 40.9 Å². The van der Waals surface area contributed by atoms with Crippen molar-refractivity contribution in [3.63, 3.8) is 0 Å². The number of benzene rings is 1. The largest absolute Gasteiger partial charge is 0.272 e. The Kier molecular flexibility index (Phi) is 3.00. The second kappa shape index (κ2) is 4.86. The molecule has 0 radical (unpaired) electrons. The van der Waals surface area contributed by atoms with Crippen molar-refractivity contribution in [1.82, 2.24) is 10.4 Å². The minimum atomic E-state index is -0.593. The van der Waals surface area contributed by atoms with Crippen LogP contribution in [0.1, 0.15) is 23.2 Å². The zero-order chi connectivity index (χ0) is 17.5. The average molecular weight is 377 g/mol. The fourth-order valence-corrected chi connectivity index (χ4v) is 5.52. The van der Waals surface area contributed by atoms with Gasteiger partial charge in [-0.25, -0.2) is 0 Å². The number of carbonyl (C=O) groups excluding carboxylic acids is 3. The predicted octanol–water partition coefficient (Wildman–Crippen LogP) is 2.84. The summed E-state index contributed by atoms with van der Waals surface area (Å²) in [6.07, 6.45) is 6.34. The van der Waals surface area contributed by atoms with Gasteiger partial charge in [0.05, 0.1) is 22.4 Å². The Morgan fingerprint density at radius 2 is 1.68 bits per heavy atom. The molecule has 4 aliphatic rings. The third-order valence-electron chi connectivity index (χ3n) is 6.24. The van der Waals surface area contributed by atoms with E-state index in [1.54, 1.807) is 0 Å². The summed E-state index contributed by atoms with van der Waals surface area (Å²) in [5.41, 5.74) is 2.75. The van der Waals surface area contributed by atoms with Gasteiger partial charge in [0, 0.05) is 5.02 Å². The van der Waals surface area contributed by atoms with Crippen molar-refractivity contribution in [2.45, 2.75) is 12.8 Å². The molecule has 1 spiro atoms. The summed E-state index contributed by atoms with van der Waals surface area (Å²) in [4.78, 5) is 38.1. The first-order valence-electron chi connectivity index (χ1n) is 8.26. The number of amides is 3. The SMILES string of the molecule is O=C(NN1C(=O)[C@@H]2[C@@H](C1=O)[C@@H]1C=C[C@@H]2C12CC2)c1ccc(Cl)cc1Cl. The maximum atomic E-state index is 12.8. The van der Waals surface area contributed by atoms with Crippen LogP contribution in [-0.2, 0) is 9.59 Å². The van der Waals surface area contributed by atoms with E-state index in [2.05, 4.69) is 17.6 Å². The lowest BCUT2D eigenvalue weighted by Crippen LogP contribution is -2.48. The fraction of sp³-hybridized carbons (Fsp3) is 0.389. The monoisotopic (exact) mass is 376 g/mol. The van der Waals surface area contributed by atoms with Crippen molar-refractivity contribution in [3.05, 3.63) is 46.0 Å². The van der Waals surface area contributed by atoms with E-state index >= 15 is 0 Å². The third-order valence-corrected chi connectivity index (χ3v) is 6.79. The van der Waals surface area contributed by atoms with Crippen molar-refractivity contribution < 1.29 is 14.4 Å². The van der Waals surface area contributed by atoms with Gasteiger partial charge in [-0.2, -0.15) is 5.01 Å². The molecule has 2 bridgehead atoms. The zero-order valence-electron chi connectivity index (χ0n) is 13.0. The van der Waals surface area contributed by atoms with E-state index in [9.17, 15) is 14.4 Å². The molecule has 0 unspecified atom stereocenters. The van der Waals surface area contributed by atoms with E-state index in [4.69, 9.17) is 23.2 Å². The van der Waals surface area contributed by atoms with Crippen molar-refractivity contribution in [2.24, 2.45) is 29.1 Å². The Balaban J connectivity index is 1.41. The van der Waals surface area contributed by atoms with Crippen LogP contribution < -0.4 is 5.43 Å². The molecule has 5 nitrogen and oxygen atoms in total. The highest BCUT2D eigenvalue weighted by Gasteiger charge is 2.73. The molecular weight excluding hydrogens is 363 g/mol. The first kappa shape index (κ1) is 15.4. The van der Waals surface area contributed by atoms with Gasteiger partial charge in [-0.15, -0.1) is 0 Å². The number of hydrazine groups is 1. The van der Waals surface area contributed by atoms with Gasteiger partial charge in [0.25, 0.3) is 17.7 Å². The highest BCUT2D eigenvalue weighted by Crippen LogP contribution is 2.73. The summed E-state index contributed by atoms with van der Waals surface area (Å²) in [5.74, 6) is -1.64. The van der Waals surface area contributed by atoms with Crippen molar-refractivity contribution in [3.8, 4) is 0 Å². The van der Waals surface area contributed by atoms with Gasteiger partial charge in [-0.3, -0.25) is 19.8 Å². The topological polar surface area (TPSA) is 66.5 Å². The molecule has 0 aromatic heterocycles. The number of nitrogens with zero attached hydrogens (tertiary/aromatic N) is 1. The van der Waals surface area contributed by atoms with Crippen LogP contribution in [0.25, 0.3) is 0 Å². The van der Waals surface area contributed by atoms with Crippen LogP contribution in [0, 0.1) is 29.1 Å². The second-order valence-corrected chi connectivity index (χ2v) is 8.14. The summed E-state index contributed by atoms with van der Waals surface area (Å²) in [7, 11) is 0. The van der Waals surface area contributed by atoms with E-state index in [1.807, 2.05) is 0 Å². The Bertz CT molecular complexity index is 843. The average Bonchev–Trinajstić information content (AvgIpc) is 3.17. The lowest BCUT2D eigenvalue weighted by atomic mass is 9.85. The van der Waals surface area contributed by atoms with E-state index in [-0.39, 0.29) is 51.5 Å². The van der Waals surface area contributed by atoms with Crippen LogP contribution in [0.15, 0.2) is 30.4 Å². The van der Waals surface area contributed by atoms with Crippen LogP contribution in [-0.4, -0.2) is 22.7 Å². The number of fused-ring (bicyclic) bond motifs is 3. The first-order valence-corrected chi connectivity index (χ1v) is 9.02. The Morgan fingerprint density at radius 1 is 1.08 bits per heavy atom. The summed E-state index contributed by atoms with van der Waals surface area (Å²) in [5, 5.41) is 1.47. The molecule has 1 saturated heterocycles. The zero-order valence-corrected chi connectivity index (χ0v) is 14.6. The number of hydrogen-bond acceptors (Lipinski definition) is 3. The first-order chi connectivity index (χ1) is 11.9. The molecular formula is C18H14Cl2N2O3. The summed E-state index contributed by atoms with van der Waals surface area (Å²) in [6, 6.07) is 4.45. The van der Waals surface area contributed by atoms with Crippen LogP contribution in [0.2, 0.25) is 10.0 Å². The smallest absolute Gasteiger partial charge is 0.271 e. The normalized spacial score (nSPS) is 33.3. The highest BCUT2D eigenvalue weighted by molar-refractivity contribution is 6.36. The predicted molar refractivity (Wildman–Crippen MR) is 90.5 cm³/mol. The highest BCUT2D eigenvalue weighted by atomic mass is 35.5. The van der Waals surface area contributed by atoms with Gasteiger partial charge >= 0.3 is 0 Å². The maximum absolute atomic E-state index is 12.8. The molecule has 3 fully saturated rings. The lowest BCUT2D eigenvalue weighted by molar-refractivity contribution is -0.144. The van der Waals surface area contributed by atoms with Gasteiger partial charge in [0.2, 0.25) is 0 Å². The number of rotatable bonds is 2. The summed E-state index contributed by atoms with van der Waals surface area (Å²) >= 11 is 11.9. The molecule has 1 heterocycles. The van der Waals surface area contributed by atoms with Crippen LogP contribution in [0.5, 0.6) is 0 Å². The molecule has 3 amide bonds. The minimum absolute atomic E-state index is 0.125. The number of halogens is 2. The molecule has 4 atom stereocenters. The molecule has 1 aromatic rings. The standard InChI is InChI=1S/C18H14Cl2N2O3/c19-8-1-2-9(12(20)7-8)15(23)21-22-16(24)13-10-3-4-11(14(13)17(22)25)18(10)5-6-18/h1-4,7,10-11,13-14H,5-6H2,(H,21,23)/t10-,11-,13-,14-/m0/s1. The van der Waals surface area contributed by atoms with Crippen LogP contribution in [0.4, 0.5) is 0 Å². The van der Waals surface area contributed by atoms with Crippen LogP contribution in [0.3, 0.4) is 0 Å². The number of imide groups is 1. The molecule has 7 heteroatoms. The molecule has 1 aliphatic heterocycles. The van der Waals surface area contributed by atoms with Crippen molar-refractivity contribution in [1.29, 1.82) is 0 Å². The van der Waals surface area contributed by atoms with E-state index in [0.29, 0.717) is 5.02 Å². The molecule has 1 aromatic carbocycles. The number of hydrogen-bond donors (Lipinski definition) is 1. The second-order valence-electron chi connectivity index (χ2n) is 7.30. The molecule has 25 heavy (non-hydrogen) atoms. The van der Waals surface area contributed by atoms with Crippen LogP contribution >= 0.6 is 23.2 Å². The Hall–Kier alpha value is -1.85. The molecule has 5 rings (SSSR count). The summed E-state index contributed by atoms with van der Waals surface area (Å²) < 4.78 is 0. The van der Waals surface area contributed by atoms with Gasteiger partial charge in [-0.1, -0.05) is 35.4 Å². The van der Waals surface area contributed by atoms with Gasteiger partial charge < -0.3 is 0 Å². The Labute approximate surface area is 153 Å². The minimum Gasteiger partial charge on any atom is -0.272 e. The quantitative estimate of drug-likeness (QED) is 0.637. The lowest BCUT2D eigenvalue weighted by Gasteiger charge is -2.22.